The molecular weight excluding hydrogens is 196 g/mol. The molecule has 4 nitrogen and oxygen atoms in total. The Morgan fingerprint density at radius 3 is 1.60 bits per heavy atom. The Kier molecular flexibility index (Phi) is 4.52. The number of carboxylic acids is 2. The normalized spacial score (nSPS) is 10.9. The second-order valence-electron chi connectivity index (χ2n) is 3.88. The summed E-state index contributed by atoms with van der Waals surface area (Å²) < 4.78 is 0. The molecule has 0 radical (unpaired) electrons. The lowest BCUT2D eigenvalue weighted by atomic mass is 9.76. The van der Waals surface area contributed by atoms with Crippen LogP contribution in [0.15, 0.2) is 11.1 Å². The largest absolute Gasteiger partial charge is 0.477 e. The van der Waals surface area contributed by atoms with E-state index in [1.54, 1.807) is 6.92 Å². The molecule has 0 aliphatic heterocycles. The number of carboxylic acid groups (broad SMARTS) is 2. The molecule has 0 bridgehead atoms. The predicted octanol–water partition coefficient (Wildman–Crippen LogP) is 2.30. The lowest BCUT2D eigenvalue weighted by Gasteiger charge is -2.28. The van der Waals surface area contributed by atoms with Gasteiger partial charge < -0.3 is 10.2 Å². The Labute approximate surface area is 89.6 Å². The third kappa shape index (κ3) is 2.81. The van der Waals surface area contributed by atoms with Crippen molar-refractivity contribution < 1.29 is 19.8 Å². The van der Waals surface area contributed by atoms with Gasteiger partial charge in [0.25, 0.3) is 0 Å². The van der Waals surface area contributed by atoms with Gasteiger partial charge in [0.15, 0.2) is 0 Å². The summed E-state index contributed by atoms with van der Waals surface area (Å²) in [6.07, 6.45) is 1.44. The zero-order valence-corrected chi connectivity index (χ0v) is 9.63. The van der Waals surface area contributed by atoms with Gasteiger partial charge in [0.1, 0.15) is 5.57 Å². The fourth-order valence-corrected chi connectivity index (χ4v) is 1.49. The van der Waals surface area contributed by atoms with Crippen molar-refractivity contribution in [3.8, 4) is 0 Å². The molecule has 4 heteroatoms. The van der Waals surface area contributed by atoms with E-state index in [2.05, 4.69) is 0 Å². The quantitative estimate of drug-likeness (QED) is 0.418. The number of allylic oxidation sites excluding steroid dienone is 1. The number of hydrogen-bond donors (Lipinski definition) is 2. The third-order valence-corrected chi connectivity index (χ3v) is 3.27. The lowest BCUT2D eigenvalue weighted by Crippen LogP contribution is -2.23. The Morgan fingerprint density at radius 1 is 1.07 bits per heavy atom. The van der Waals surface area contributed by atoms with Gasteiger partial charge in [0.2, 0.25) is 0 Å². The fraction of sp³-hybridized carbons (Fsp3) is 0.636. The Bertz CT molecular complexity index is 282. The Balaban J connectivity index is 5.54. The molecule has 0 saturated carbocycles. The first-order valence-electron chi connectivity index (χ1n) is 4.98. The molecule has 0 rings (SSSR count). The molecule has 0 atom stereocenters. The molecular formula is C11H18O4. The van der Waals surface area contributed by atoms with Crippen LogP contribution in [0.2, 0.25) is 0 Å². The summed E-state index contributed by atoms with van der Waals surface area (Å²) in [5, 5.41) is 17.7. The van der Waals surface area contributed by atoms with Crippen molar-refractivity contribution in [2.45, 2.75) is 40.5 Å². The minimum atomic E-state index is -1.37. The molecule has 15 heavy (non-hydrogen) atoms. The van der Waals surface area contributed by atoms with Crippen molar-refractivity contribution in [2.75, 3.05) is 0 Å². The monoisotopic (exact) mass is 214 g/mol. The molecule has 0 amide bonds. The molecule has 0 aliphatic rings. The van der Waals surface area contributed by atoms with Gasteiger partial charge in [0.05, 0.1) is 0 Å². The number of rotatable bonds is 5. The van der Waals surface area contributed by atoms with Crippen molar-refractivity contribution in [1.29, 1.82) is 0 Å². The van der Waals surface area contributed by atoms with Crippen LogP contribution in [0, 0.1) is 5.41 Å². The van der Waals surface area contributed by atoms with Gasteiger partial charge >= 0.3 is 11.9 Å². The maximum Gasteiger partial charge on any atom is 0.343 e. The van der Waals surface area contributed by atoms with Crippen molar-refractivity contribution in [3.63, 3.8) is 0 Å². The second-order valence-corrected chi connectivity index (χ2v) is 3.88. The molecule has 0 unspecified atom stereocenters. The van der Waals surface area contributed by atoms with Crippen LogP contribution < -0.4 is 0 Å². The van der Waals surface area contributed by atoms with Crippen molar-refractivity contribution in [1.82, 2.24) is 0 Å². The van der Waals surface area contributed by atoms with E-state index >= 15 is 0 Å². The Hall–Kier alpha value is -1.32. The van der Waals surface area contributed by atoms with Crippen LogP contribution in [0.25, 0.3) is 0 Å². The summed E-state index contributed by atoms with van der Waals surface area (Å²) in [5.74, 6) is -2.73. The minimum absolute atomic E-state index is 0.355. The summed E-state index contributed by atoms with van der Waals surface area (Å²) in [7, 11) is 0. The molecule has 0 aromatic carbocycles. The van der Waals surface area contributed by atoms with E-state index in [-0.39, 0.29) is 5.41 Å². The highest BCUT2D eigenvalue weighted by molar-refractivity contribution is 6.13. The summed E-state index contributed by atoms with van der Waals surface area (Å²) in [4.78, 5) is 21.6. The van der Waals surface area contributed by atoms with Gasteiger partial charge in [-0.25, -0.2) is 9.59 Å². The first-order chi connectivity index (χ1) is 6.80. The molecule has 0 heterocycles. The van der Waals surface area contributed by atoms with Crippen molar-refractivity contribution in [2.24, 2.45) is 5.41 Å². The van der Waals surface area contributed by atoms with E-state index < -0.39 is 17.5 Å². The molecule has 86 valence electrons. The first-order valence-corrected chi connectivity index (χ1v) is 4.98. The summed E-state index contributed by atoms with van der Waals surface area (Å²) >= 11 is 0. The summed E-state index contributed by atoms with van der Waals surface area (Å²) in [5.41, 5.74) is -0.416. The number of aliphatic carboxylic acids is 2. The van der Waals surface area contributed by atoms with Gasteiger partial charge in [-0.2, -0.15) is 0 Å². The average molecular weight is 214 g/mol. The molecule has 0 aromatic heterocycles. The third-order valence-electron chi connectivity index (χ3n) is 3.27. The molecule has 0 aromatic rings. The van der Waals surface area contributed by atoms with Crippen molar-refractivity contribution in [3.05, 3.63) is 11.1 Å². The molecule has 0 aliphatic carbocycles. The smallest absolute Gasteiger partial charge is 0.343 e. The summed E-state index contributed by atoms with van der Waals surface area (Å²) in [6, 6.07) is 0. The highest BCUT2D eigenvalue weighted by Gasteiger charge is 2.30. The molecule has 2 N–H and O–H groups in total. The number of hydrogen-bond acceptors (Lipinski definition) is 2. The van der Waals surface area contributed by atoms with Crippen LogP contribution in [0.4, 0.5) is 0 Å². The van der Waals surface area contributed by atoms with Gasteiger partial charge in [0, 0.05) is 0 Å². The molecule has 0 saturated heterocycles. The maximum absolute atomic E-state index is 10.8. The summed E-state index contributed by atoms with van der Waals surface area (Å²) in [6.45, 7) is 7.32. The van der Waals surface area contributed by atoms with Crippen LogP contribution in [0.3, 0.4) is 0 Å². The predicted molar refractivity (Wildman–Crippen MR) is 56.7 cm³/mol. The van der Waals surface area contributed by atoms with Gasteiger partial charge in [-0.05, 0) is 30.8 Å². The van der Waals surface area contributed by atoms with Crippen molar-refractivity contribution >= 4 is 11.9 Å². The van der Waals surface area contributed by atoms with Gasteiger partial charge in [-0.1, -0.05) is 20.8 Å². The van der Waals surface area contributed by atoms with E-state index in [0.29, 0.717) is 5.57 Å². The molecule has 0 spiro atoms. The lowest BCUT2D eigenvalue weighted by molar-refractivity contribution is -0.140. The zero-order chi connectivity index (χ0) is 12.2. The standard InChI is InChI=1S/C11H18O4/c1-5-11(4,6-2)7(3)8(9(12)13)10(14)15/h5-6H2,1-4H3,(H,12,13)(H,14,15). The van der Waals surface area contributed by atoms with E-state index in [1.807, 2.05) is 20.8 Å². The maximum atomic E-state index is 10.8. The second kappa shape index (κ2) is 4.96. The fourth-order valence-electron chi connectivity index (χ4n) is 1.49. The van der Waals surface area contributed by atoms with Gasteiger partial charge in [-0.3, -0.25) is 0 Å². The number of carbonyl (C=O) groups is 2. The minimum Gasteiger partial charge on any atom is -0.477 e. The molecule has 0 fully saturated rings. The SMILES string of the molecule is CCC(C)(CC)C(C)=C(C(=O)O)C(=O)O. The van der Waals surface area contributed by atoms with E-state index in [1.165, 1.54) is 0 Å². The highest BCUT2D eigenvalue weighted by Crippen LogP contribution is 2.35. The van der Waals surface area contributed by atoms with Crippen LogP contribution in [0.5, 0.6) is 0 Å². The van der Waals surface area contributed by atoms with E-state index in [0.717, 1.165) is 12.8 Å². The first kappa shape index (κ1) is 13.7. The van der Waals surface area contributed by atoms with Gasteiger partial charge in [-0.15, -0.1) is 0 Å². The van der Waals surface area contributed by atoms with Crippen LogP contribution in [0.1, 0.15) is 40.5 Å². The van der Waals surface area contributed by atoms with Crippen LogP contribution >= 0.6 is 0 Å². The zero-order valence-electron chi connectivity index (χ0n) is 9.63. The highest BCUT2D eigenvalue weighted by atomic mass is 16.4. The topological polar surface area (TPSA) is 74.6 Å². The van der Waals surface area contributed by atoms with Crippen LogP contribution in [-0.2, 0) is 9.59 Å². The van der Waals surface area contributed by atoms with E-state index in [9.17, 15) is 9.59 Å². The van der Waals surface area contributed by atoms with E-state index in [4.69, 9.17) is 10.2 Å². The average Bonchev–Trinajstić information content (AvgIpc) is 2.15. The van der Waals surface area contributed by atoms with Crippen LogP contribution in [-0.4, -0.2) is 22.2 Å². The Morgan fingerprint density at radius 2 is 1.40 bits per heavy atom.